The van der Waals surface area contributed by atoms with Crippen molar-refractivity contribution in [1.29, 1.82) is 0 Å². The van der Waals surface area contributed by atoms with Crippen molar-refractivity contribution in [2.24, 2.45) is 0 Å². The molecule has 196 valence electrons. The molecule has 5 aromatic rings. The number of hydrogen-bond acceptors (Lipinski definition) is 6. The van der Waals surface area contributed by atoms with Gasteiger partial charge in [0, 0.05) is 30.9 Å². The fraction of sp³-hybridized carbons (Fsp3) is 0.310. The van der Waals surface area contributed by atoms with Crippen LogP contribution in [-0.4, -0.2) is 45.1 Å². The standard InChI is InChI=1S/C29H30N4O4S/c1-19-4-10-23(11-5-19)38(35,36)32-15-12-24-28(32)30-18-25-26(20-6-8-22(9-7-20)29(2,3)34)31-27(33(24)25)21-13-16-37-17-14-21/h4-12,15,18,21,34H,13-14,16-17H2,1-3H3. The number of ether oxygens (including phenoxy) is 1. The van der Waals surface area contributed by atoms with Crippen LogP contribution in [0, 0.1) is 6.92 Å². The van der Waals surface area contributed by atoms with Crippen LogP contribution < -0.4 is 0 Å². The van der Waals surface area contributed by atoms with Crippen LogP contribution in [0.15, 0.2) is 71.9 Å². The lowest BCUT2D eigenvalue weighted by molar-refractivity contribution is 0.0786. The highest BCUT2D eigenvalue weighted by molar-refractivity contribution is 7.90. The molecule has 6 rings (SSSR count). The number of benzene rings is 2. The zero-order valence-electron chi connectivity index (χ0n) is 21.6. The largest absolute Gasteiger partial charge is 0.386 e. The van der Waals surface area contributed by atoms with Crippen LogP contribution in [0.4, 0.5) is 0 Å². The Morgan fingerprint density at radius 2 is 1.66 bits per heavy atom. The Morgan fingerprint density at radius 1 is 0.974 bits per heavy atom. The average Bonchev–Trinajstić information content (AvgIpc) is 3.51. The molecule has 3 aromatic heterocycles. The van der Waals surface area contributed by atoms with Crippen LogP contribution in [0.1, 0.15) is 49.6 Å². The normalized spacial score (nSPS) is 15.5. The summed E-state index contributed by atoms with van der Waals surface area (Å²) < 4.78 is 36.0. The number of nitrogens with zero attached hydrogens (tertiary/aromatic N) is 4. The van der Waals surface area contributed by atoms with Gasteiger partial charge in [-0.2, -0.15) is 0 Å². The monoisotopic (exact) mass is 530 g/mol. The second kappa shape index (κ2) is 9.04. The van der Waals surface area contributed by atoms with Gasteiger partial charge in [0.1, 0.15) is 5.82 Å². The van der Waals surface area contributed by atoms with Crippen molar-refractivity contribution in [3.8, 4) is 11.3 Å². The molecular weight excluding hydrogens is 500 g/mol. The van der Waals surface area contributed by atoms with Crippen molar-refractivity contribution in [2.75, 3.05) is 13.2 Å². The first-order valence-corrected chi connectivity index (χ1v) is 14.2. The molecule has 0 saturated carbocycles. The van der Waals surface area contributed by atoms with Gasteiger partial charge in [-0.3, -0.25) is 4.40 Å². The first-order valence-electron chi connectivity index (χ1n) is 12.8. The van der Waals surface area contributed by atoms with Gasteiger partial charge in [0.05, 0.1) is 33.4 Å². The van der Waals surface area contributed by atoms with Crippen LogP contribution in [0.25, 0.3) is 27.9 Å². The predicted octanol–water partition coefficient (Wildman–Crippen LogP) is 5.02. The third-order valence-electron chi connectivity index (χ3n) is 7.32. The van der Waals surface area contributed by atoms with E-state index in [0.29, 0.717) is 24.4 Å². The molecule has 0 amide bonds. The molecule has 1 saturated heterocycles. The summed E-state index contributed by atoms with van der Waals surface area (Å²) in [6, 6.07) is 16.4. The fourth-order valence-electron chi connectivity index (χ4n) is 5.14. The first kappa shape index (κ1) is 24.8. The molecule has 0 aliphatic carbocycles. The van der Waals surface area contributed by atoms with Gasteiger partial charge >= 0.3 is 0 Å². The van der Waals surface area contributed by atoms with E-state index in [9.17, 15) is 13.5 Å². The van der Waals surface area contributed by atoms with Gasteiger partial charge in [-0.1, -0.05) is 42.0 Å². The van der Waals surface area contributed by atoms with Crippen molar-refractivity contribution < 1.29 is 18.3 Å². The van der Waals surface area contributed by atoms with Gasteiger partial charge < -0.3 is 9.84 Å². The molecule has 8 nitrogen and oxygen atoms in total. The molecule has 1 N–H and O–H groups in total. The molecule has 1 aliphatic rings. The van der Waals surface area contributed by atoms with E-state index in [2.05, 4.69) is 9.38 Å². The number of hydrogen-bond donors (Lipinski definition) is 1. The Balaban J connectivity index is 1.56. The summed E-state index contributed by atoms with van der Waals surface area (Å²) in [5.74, 6) is 1.05. The van der Waals surface area contributed by atoms with Gasteiger partial charge in [-0.15, -0.1) is 0 Å². The van der Waals surface area contributed by atoms with Crippen LogP contribution in [0.2, 0.25) is 0 Å². The van der Waals surface area contributed by atoms with Crippen LogP contribution in [0.3, 0.4) is 0 Å². The summed E-state index contributed by atoms with van der Waals surface area (Å²) in [7, 11) is -3.83. The fourth-order valence-corrected chi connectivity index (χ4v) is 6.43. The van der Waals surface area contributed by atoms with Gasteiger partial charge in [0.2, 0.25) is 0 Å². The molecule has 0 spiro atoms. The molecule has 0 unspecified atom stereocenters. The first-order chi connectivity index (χ1) is 18.1. The molecule has 0 radical (unpaired) electrons. The lowest BCUT2D eigenvalue weighted by Gasteiger charge is -2.21. The molecule has 1 aliphatic heterocycles. The van der Waals surface area contributed by atoms with Gasteiger partial charge in [-0.05, 0) is 57.4 Å². The zero-order valence-corrected chi connectivity index (χ0v) is 22.4. The predicted molar refractivity (Wildman–Crippen MR) is 146 cm³/mol. The van der Waals surface area contributed by atoms with E-state index in [1.807, 2.05) is 31.2 Å². The van der Waals surface area contributed by atoms with E-state index in [-0.39, 0.29) is 10.8 Å². The van der Waals surface area contributed by atoms with Gasteiger partial charge in [0.25, 0.3) is 10.0 Å². The maximum absolute atomic E-state index is 13.5. The minimum atomic E-state index is -3.83. The van der Waals surface area contributed by atoms with Gasteiger partial charge in [-0.25, -0.2) is 22.4 Å². The second-order valence-corrected chi connectivity index (χ2v) is 12.3. The Bertz CT molecular complexity index is 1740. The molecule has 0 bridgehead atoms. The van der Waals surface area contributed by atoms with Crippen molar-refractivity contribution in [3.63, 3.8) is 0 Å². The molecule has 9 heteroatoms. The third kappa shape index (κ3) is 4.11. The summed E-state index contributed by atoms with van der Waals surface area (Å²) in [4.78, 5) is 9.96. The maximum atomic E-state index is 13.5. The van der Waals surface area contributed by atoms with Crippen molar-refractivity contribution in [1.82, 2.24) is 18.3 Å². The molecule has 1 fully saturated rings. The highest BCUT2D eigenvalue weighted by atomic mass is 32.2. The number of aryl methyl sites for hydroxylation is 1. The smallest absolute Gasteiger partial charge is 0.269 e. The van der Waals surface area contributed by atoms with E-state index in [1.165, 1.54) is 3.97 Å². The Hall–Kier alpha value is -3.53. The average molecular weight is 531 g/mol. The molecule has 4 heterocycles. The topological polar surface area (TPSA) is 98.7 Å². The minimum absolute atomic E-state index is 0.170. The molecule has 0 atom stereocenters. The quantitative estimate of drug-likeness (QED) is 0.343. The van der Waals surface area contributed by atoms with Crippen molar-refractivity contribution >= 4 is 26.7 Å². The lowest BCUT2D eigenvalue weighted by atomic mass is 9.96. The van der Waals surface area contributed by atoms with Crippen LogP contribution in [-0.2, 0) is 20.4 Å². The summed E-state index contributed by atoms with van der Waals surface area (Å²) >= 11 is 0. The lowest BCUT2D eigenvalue weighted by Crippen LogP contribution is -2.17. The van der Waals surface area contributed by atoms with E-state index >= 15 is 0 Å². The summed E-state index contributed by atoms with van der Waals surface area (Å²) in [5.41, 5.74) is 4.39. The maximum Gasteiger partial charge on any atom is 0.269 e. The zero-order chi connectivity index (χ0) is 26.7. The van der Waals surface area contributed by atoms with Crippen LogP contribution >= 0.6 is 0 Å². The summed E-state index contributed by atoms with van der Waals surface area (Å²) in [5, 5.41) is 10.4. The van der Waals surface area contributed by atoms with E-state index in [1.54, 1.807) is 56.6 Å². The number of rotatable bonds is 5. The van der Waals surface area contributed by atoms with Crippen molar-refractivity contribution in [2.45, 2.75) is 50.0 Å². The molecular formula is C29H30N4O4S. The van der Waals surface area contributed by atoms with Crippen molar-refractivity contribution in [3.05, 3.63) is 83.9 Å². The minimum Gasteiger partial charge on any atom is -0.386 e. The second-order valence-electron chi connectivity index (χ2n) is 10.5. The number of aliphatic hydroxyl groups is 1. The van der Waals surface area contributed by atoms with E-state index in [4.69, 9.17) is 9.72 Å². The SMILES string of the molecule is Cc1ccc(S(=O)(=O)n2ccc3c2ncc2c(-c4ccc(C(C)(C)O)cc4)nc(C4CCOCC4)n23)cc1. The third-order valence-corrected chi connectivity index (χ3v) is 9.00. The Morgan fingerprint density at radius 3 is 2.32 bits per heavy atom. The van der Waals surface area contributed by atoms with E-state index in [0.717, 1.165) is 46.6 Å². The number of imidazole rings is 1. The highest BCUT2D eigenvalue weighted by Gasteiger charge is 2.27. The summed E-state index contributed by atoms with van der Waals surface area (Å²) in [6.45, 7) is 6.76. The Kier molecular flexibility index (Phi) is 5.90. The van der Waals surface area contributed by atoms with Gasteiger partial charge in [0.15, 0.2) is 5.65 Å². The van der Waals surface area contributed by atoms with E-state index < -0.39 is 15.6 Å². The Labute approximate surface area is 221 Å². The van der Waals surface area contributed by atoms with Crippen LogP contribution in [0.5, 0.6) is 0 Å². The number of aromatic nitrogens is 4. The number of fused-ring (bicyclic) bond motifs is 3. The summed E-state index contributed by atoms with van der Waals surface area (Å²) in [6.07, 6.45) is 4.95. The highest BCUT2D eigenvalue weighted by Crippen LogP contribution is 2.35. The molecule has 2 aromatic carbocycles. The molecule has 38 heavy (non-hydrogen) atoms.